The Morgan fingerprint density at radius 3 is 2.16 bits per heavy atom. The second-order valence-electron chi connectivity index (χ2n) is 5.10. The van der Waals surface area contributed by atoms with E-state index in [1.165, 1.54) is 11.8 Å². The number of carbonyl (C=O) groups is 2. The molecule has 0 atom stereocenters. The number of aliphatic hydroxyl groups excluding tert-OH is 2. The lowest BCUT2D eigenvalue weighted by Crippen LogP contribution is -2.42. The fourth-order valence-electron chi connectivity index (χ4n) is 2.15. The molecule has 0 fully saturated rings. The molecule has 0 aromatic heterocycles. The molecular formula is C18H20N2O4S. The van der Waals surface area contributed by atoms with E-state index in [4.69, 9.17) is 10.2 Å². The standard InChI is InChI=1S/C18H20N2O4S/c21-12-10-20(11-13-22)18(24)17(23)19-15-8-4-5-9-16(15)25-14-6-2-1-3-7-14/h1-9,21-22H,10-13H2,(H,19,23). The van der Waals surface area contributed by atoms with E-state index < -0.39 is 11.8 Å². The quantitative estimate of drug-likeness (QED) is 0.653. The Morgan fingerprint density at radius 2 is 1.52 bits per heavy atom. The molecule has 0 radical (unpaired) electrons. The van der Waals surface area contributed by atoms with Crippen LogP contribution in [0.3, 0.4) is 0 Å². The Morgan fingerprint density at radius 1 is 0.920 bits per heavy atom. The second kappa shape index (κ2) is 9.83. The molecule has 2 aromatic carbocycles. The van der Waals surface area contributed by atoms with Crippen LogP contribution < -0.4 is 5.32 Å². The van der Waals surface area contributed by atoms with Gasteiger partial charge in [-0.2, -0.15) is 0 Å². The van der Waals surface area contributed by atoms with Crippen molar-refractivity contribution in [2.24, 2.45) is 0 Å². The molecule has 0 saturated carbocycles. The summed E-state index contributed by atoms with van der Waals surface area (Å²) in [5.74, 6) is -1.59. The van der Waals surface area contributed by atoms with Crippen LogP contribution in [0.4, 0.5) is 5.69 Å². The molecule has 0 aliphatic carbocycles. The number of hydrogen-bond acceptors (Lipinski definition) is 5. The molecule has 0 saturated heterocycles. The Bertz CT molecular complexity index is 703. The molecule has 0 bridgehead atoms. The normalized spacial score (nSPS) is 10.3. The van der Waals surface area contributed by atoms with Crippen molar-refractivity contribution < 1.29 is 19.8 Å². The molecule has 6 nitrogen and oxygen atoms in total. The fourth-order valence-corrected chi connectivity index (χ4v) is 3.07. The fraction of sp³-hybridized carbons (Fsp3) is 0.222. The average Bonchev–Trinajstić information content (AvgIpc) is 2.63. The predicted octanol–water partition coefficient (Wildman–Crippen LogP) is 1.59. The molecule has 0 unspecified atom stereocenters. The van der Waals surface area contributed by atoms with Crippen molar-refractivity contribution in [2.45, 2.75) is 9.79 Å². The molecule has 2 amide bonds. The number of amides is 2. The first-order chi connectivity index (χ1) is 12.2. The largest absolute Gasteiger partial charge is 0.395 e. The van der Waals surface area contributed by atoms with Crippen LogP contribution in [0.25, 0.3) is 0 Å². The third kappa shape index (κ3) is 5.60. The number of aliphatic hydroxyl groups is 2. The lowest BCUT2D eigenvalue weighted by atomic mass is 10.3. The smallest absolute Gasteiger partial charge is 0.313 e. The number of para-hydroxylation sites is 1. The summed E-state index contributed by atoms with van der Waals surface area (Å²) in [5, 5.41) is 20.6. The van der Waals surface area contributed by atoms with Crippen LogP contribution in [0.5, 0.6) is 0 Å². The Kier molecular flexibility index (Phi) is 7.46. The van der Waals surface area contributed by atoms with E-state index in [-0.39, 0.29) is 26.3 Å². The topological polar surface area (TPSA) is 89.9 Å². The number of nitrogens with zero attached hydrogens (tertiary/aromatic N) is 1. The first kappa shape index (κ1) is 19.0. The van der Waals surface area contributed by atoms with Crippen molar-refractivity contribution in [2.75, 3.05) is 31.6 Å². The number of nitrogens with one attached hydrogen (secondary N) is 1. The van der Waals surface area contributed by atoms with Gasteiger partial charge in [0.2, 0.25) is 0 Å². The van der Waals surface area contributed by atoms with Gasteiger partial charge in [-0.25, -0.2) is 0 Å². The van der Waals surface area contributed by atoms with Crippen molar-refractivity contribution >= 4 is 29.3 Å². The van der Waals surface area contributed by atoms with Crippen LogP contribution in [0.2, 0.25) is 0 Å². The third-order valence-electron chi connectivity index (χ3n) is 3.33. The molecule has 3 N–H and O–H groups in total. The average molecular weight is 360 g/mol. The van der Waals surface area contributed by atoms with Gasteiger partial charge in [0.05, 0.1) is 18.9 Å². The molecule has 2 rings (SSSR count). The van der Waals surface area contributed by atoms with Crippen molar-refractivity contribution in [1.29, 1.82) is 0 Å². The van der Waals surface area contributed by atoms with Gasteiger partial charge in [-0.15, -0.1) is 0 Å². The summed E-state index contributed by atoms with van der Waals surface area (Å²) in [6.45, 7) is -0.570. The highest BCUT2D eigenvalue weighted by molar-refractivity contribution is 7.99. The predicted molar refractivity (Wildman–Crippen MR) is 96.4 cm³/mol. The molecule has 7 heteroatoms. The first-order valence-corrected chi connectivity index (χ1v) is 8.61. The SMILES string of the molecule is O=C(Nc1ccccc1Sc1ccccc1)C(=O)N(CCO)CCO. The zero-order chi connectivity index (χ0) is 18.1. The van der Waals surface area contributed by atoms with E-state index in [2.05, 4.69) is 5.32 Å². The minimum Gasteiger partial charge on any atom is -0.395 e. The molecule has 0 aliphatic heterocycles. The summed E-state index contributed by atoms with van der Waals surface area (Å²) in [7, 11) is 0. The summed E-state index contributed by atoms with van der Waals surface area (Å²) in [5.41, 5.74) is 0.530. The minimum absolute atomic E-state index is 0.00672. The third-order valence-corrected chi connectivity index (χ3v) is 4.41. The number of rotatable bonds is 7. The van der Waals surface area contributed by atoms with E-state index in [0.717, 1.165) is 14.7 Å². The van der Waals surface area contributed by atoms with Crippen LogP contribution in [0.15, 0.2) is 64.4 Å². The van der Waals surface area contributed by atoms with E-state index in [9.17, 15) is 9.59 Å². The number of carbonyl (C=O) groups excluding carboxylic acids is 2. The second-order valence-corrected chi connectivity index (χ2v) is 6.22. The first-order valence-electron chi connectivity index (χ1n) is 7.79. The van der Waals surface area contributed by atoms with E-state index in [1.807, 2.05) is 42.5 Å². The summed E-state index contributed by atoms with van der Waals surface area (Å²) >= 11 is 1.48. The molecule has 0 heterocycles. The summed E-state index contributed by atoms with van der Waals surface area (Å²) < 4.78 is 0. The Labute approximate surface area is 150 Å². The Hall–Kier alpha value is -2.35. The van der Waals surface area contributed by atoms with Crippen LogP contribution in [0.1, 0.15) is 0 Å². The highest BCUT2D eigenvalue weighted by Gasteiger charge is 2.22. The summed E-state index contributed by atoms with van der Waals surface area (Å²) in [4.78, 5) is 27.4. The van der Waals surface area contributed by atoms with Gasteiger partial charge in [0, 0.05) is 22.9 Å². The number of hydrogen-bond donors (Lipinski definition) is 3. The number of benzene rings is 2. The van der Waals surface area contributed by atoms with E-state index in [1.54, 1.807) is 12.1 Å². The summed E-state index contributed by atoms with van der Waals surface area (Å²) in [6.07, 6.45) is 0. The maximum Gasteiger partial charge on any atom is 0.313 e. The molecule has 0 spiro atoms. The van der Waals surface area contributed by atoms with Gasteiger partial charge in [-0.1, -0.05) is 42.1 Å². The Balaban J connectivity index is 2.11. The van der Waals surface area contributed by atoms with Crippen LogP contribution in [-0.2, 0) is 9.59 Å². The van der Waals surface area contributed by atoms with E-state index >= 15 is 0 Å². The highest BCUT2D eigenvalue weighted by atomic mass is 32.2. The highest BCUT2D eigenvalue weighted by Crippen LogP contribution is 2.33. The summed E-state index contributed by atoms with van der Waals surface area (Å²) in [6, 6.07) is 16.9. The van der Waals surface area contributed by atoms with Crippen molar-refractivity contribution in [1.82, 2.24) is 4.90 Å². The van der Waals surface area contributed by atoms with Crippen molar-refractivity contribution in [3.05, 3.63) is 54.6 Å². The lowest BCUT2D eigenvalue weighted by Gasteiger charge is -2.20. The van der Waals surface area contributed by atoms with E-state index in [0.29, 0.717) is 5.69 Å². The zero-order valence-corrected chi connectivity index (χ0v) is 14.4. The molecule has 2 aromatic rings. The van der Waals surface area contributed by atoms with Crippen LogP contribution in [0, 0.1) is 0 Å². The van der Waals surface area contributed by atoms with Gasteiger partial charge < -0.3 is 20.4 Å². The maximum absolute atomic E-state index is 12.2. The van der Waals surface area contributed by atoms with Gasteiger partial charge in [0.1, 0.15) is 0 Å². The monoisotopic (exact) mass is 360 g/mol. The van der Waals surface area contributed by atoms with Gasteiger partial charge in [0.15, 0.2) is 0 Å². The van der Waals surface area contributed by atoms with Crippen molar-refractivity contribution in [3.8, 4) is 0 Å². The van der Waals surface area contributed by atoms with Gasteiger partial charge in [-0.05, 0) is 24.3 Å². The molecule has 132 valence electrons. The van der Waals surface area contributed by atoms with Crippen molar-refractivity contribution in [3.63, 3.8) is 0 Å². The molecule has 0 aliphatic rings. The number of anilines is 1. The van der Waals surface area contributed by atoms with Crippen LogP contribution >= 0.6 is 11.8 Å². The molecular weight excluding hydrogens is 340 g/mol. The van der Waals surface area contributed by atoms with Gasteiger partial charge in [0.25, 0.3) is 0 Å². The van der Waals surface area contributed by atoms with Gasteiger partial charge >= 0.3 is 11.8 Å². The minimum atomic E-state index is -0.803. The zero-order valence-electron chi connectivity index (χ0n) is 13.6. The lowest BCUT2D eigenvalue weighted by molar-refractivity contribution is -0.143. The van der Waals surface area contributed by atoms with Gasteiger partial charge in [-0.3, -0.25) is 9.59 Å². The maximum atomic E-state index is 12.2. The van der Waals surface area contributed by atoms with Crippen LogP contribution in [-0.4, -0.2) is 53.2 Å². The molecule has 25 heavy (non-hydrogen) atoms.